The number of hydrogen-bond donors (Lipinski definition) is 0. The minimum absolute atomic E-state index is 0.0754. The van der Waals surface area contributed by atoms with E-state index in [-0.39, 0.29) is 5.56 Å². The zero-order chi connectivity index (χ0) is 18.8. The van der Waals surface area contributed by atoms with Crippen LogP contribution in [0.2, 0.25) is 0 Å². The van der Waals surface area contributed by atoms with Crippen molar-refractivity contribution in [2.45, 2.75) is 0 Å². The molecule has 27 heavy (non-hydrogen) atoms. The smallest absolute Gasteiger partial charge is 0.266 e. The fourth-order valence-electron chi connectivity index (χ4n) is 2.86. The van der Waals surface area contributed by atoms with Crippen molar-refractivity contribution >= 4 is 61.6 Å². The van der Waals surface area contributed by atoms with Crippen LogP contribution in [-0.4, -0.2) is 9.55 Å². The number of halogens is 2. The molecule has 0 fully saturated rings. The molecule has 0 radical (unpaired) electrons. The van der Waals surface area contributed by atoms with Crippen LogP contribution in [0.1, 0.15) is 11.4 Å². The lowest BCUT2D eigenvalue weighted by Gasteiger charge is -2.12. The Morgan fingerprint density at radius 3 is 2.41 bits per heavy atom. The fraction of sp³-hybridized carbons (Fsp3) is 0. The first-order valence-electron chi connectivity index (χ1n) is 8.33. The maximum absolute atomic E-state index is 13.3. The van der Waals surface area contributed by atoms with E-state index in [0.717, 1.165) is 19.3 Å². The lowest BCUT2D eigenvalue weighted by Crippen LogP contribution is -2.22. The van der Waals surface area contributed by atoms with Gasteiger partial charge in [0.1, 0.15) is 5.82 Å². The third-order valence-corrected chi connectivity index (χ3v) is 5.37. The van der Waals surface area contributed by atoms with Gasteiger partial charge in [-0.2, -0.15) is 0 Å². The number of fused-ring (bicyclic) bond motifs is 1. The van der Waals surface area contributed by atoms with Crippen LogP contribution in [-0.2, 0) is 0 Å². The van der Waals surface area contributed by atoms with Gasteiger partial charge in [0.2, 0.25) is 0 Å². The highest BCUT2D eigenvalue weighted by Gasteiger charge is 2.11. The molecule has 0 aliphatic rings. The van der Waals surface area contributed by atoms with Crippen LogP contribution in [0.15, 0.2) is 82.1 Å². The van der Waals surface area contributed by atoms with E-state index >= 15 is 0 Å². The second-order valence-electron chi connectivity index (χ2n) is 5.99. The van der Waals surface area contributed by atoms with Crippen LogP contribution < -0.4 is 5.56 Å². The highest BCUT2D eigenvalue weighted by molar-refractivity contribution is 14.1. The summed E-state index contributed by atoms with van der Waals surface area (Å²) in [7, 11) is 0. The Balaban J connectivity index is 1.96. The van der Waals surface area contributed by atoms with Crippen LogP contribution in [0.25, 0.3) is 28.7 Å². The van der Waals surface area contributed by atoms with E-state index in [9.17, 15) is 4.79 Å². The third-order valence-electron chi connectivity index (χ3n) is 4.17. The Morgan fingerprint density at radius 1 is 0.926 bits per heavy atom. The van der Waals surface area contributed by atoms with Gasteiger partial charge in [-0.25, -0.2) is 4.98 Å². The molecule has 0 N–H and O–H groups in total. The molecule has 4 aromatic rings. The molecule has 3 nitrogen and oxygen atoms in total. The summed E-state index contributed by atoms with van der Waals surface area (Å²) < 4.78 is 3.63. The van der Waals surface area contributed by atoms with Gasteiger partial charge >= 0.3 is 0 Å². The Morgan fingerprint density at radius 2 is 1.67 bits per heavy atom. The molecule has 0 atom stereocenters. The molecule has 1 aromatic heterocycles. The quantitative estimate of drug-likeness (QED) is 0.309. The van der Waals surface area contributed by atoms with Gasteiger partial charge in [-0.05, 0) is 76.7 Å². The molecule has 5 heteroatoms. The van der Waals surface area contributed by atoms with Crippen LogP contribution in [0.5, 0.6) is 0 Å². The highest BCUT2D eigenvalue weighted by Crippen LogP contribution is 2.19. The minimum atomic E-state index is -0.0754. The van der Waals surface area contributed by atoms with Gasteiger partial charge in [-0.1, -0.05) is 52.3 Å². The monoisotopic (exact) mass is 528 g/mol. The van der Waals surface area contributed by atoms with Crippen LogP contribution in [0.3, 0.4) is 0 Å². The zero-order valence-electron chi connectivity index (χ0n) is 14.1. The van der Waals surface area contributed by atoms with E-state index in [1.165, 1.54) is 0 Å². The van der Waals surface area contributed by atoms with Gasteiger partial charge in [0, 0.05) is 8.04 Å². The summed E-state index contributed by atoms with van der Waals surface area (Å²) in [6.07, 6.45) is 3.85. The van der Waals surface area contributed by atoms with Crippen molar-refractivity contribution in [1.29, 1.82) is 0 Å². The summed E-state index contributed by atoms with van der Waals surface area (Å²) in [5.74, 6) is 0.597. The number of benzene rings is 3. The van der Waals surface area contributed by atoms with Gasteiger partial charge in [0.25, 0.3) is 5.56 Å². The second kappa shape index (κ2) is 7.78. The van der Waals surface area contributed by atoms with Crippen LogP contribution in [0, 0.1) is 3.57 Å². The topological polar surface area (TPSA) is 34.9 Å². The van der Waals surface area contributed by atoms with E-state index in [1.54, 1.807) is 4.57 Å². The Hall–Kier alpha value is -2.25. The van der Waals surface area contributed by atoms with Crippen LogP contribution in [0.4, 0.5) is 0 Å². The maximum Gasteiger partial charge on any atom is 0.266 e. The van der Waals surface area contributed by atoms with E-state index in [4.69, 9.17) is 4.98 Å². The van der Waals surface area contributed by atoms with E-state index in [1.807, 2.05) is 84.9 Å². The van der Waals surface area contributed by atoms with Gasteiger partial charge < -0.3 is 0 Å². The first kappa shape index (κ1) is 18.1. The van der Waals surface area contributed by atoms with Crippen molar-refractivity contribution in [3.8, 4) is 5.69 Å². The third kappa shape index (κ3) is 3.89. The largest absolute Gasteiger partial charge is 0.268 e. The molecule has 0 bridgehead atoms. The summed E-state index contributed by atoms with van der Waals surface area (Å²) in [6.45, 7) is 0. The van der Waals surface area contributed by atoms with Crippen LogP contribution >= 0.6 is 38.5 Å². The summed E-state index contributed by atoms with van der Waals surface area (Å²) in [5.41, 5.74) is 2.45. The second-order valence-corrected chi connectivity index (χ2v) is 8.15. The fourth-order valence-corrected chi connectivity index (χ4v) is 3.62. The molecular weight excluding hydrogens is 515 g/mol. The summed E-state index contributed by atoms with van der Waals surface area (Å²) in [4.78, 5) is 18.0. The van der Waals surface area contributed by atoms with Gasteiger partial charge in [0.05, 0.1) is 16.6 Å². The first-order valence-corrected chi connectivity index (χ1v) is 10.2. The molecule has 0 aliphatic carbocycles. The van der Waals surface area contributed by atoms with Gasteiger partial charge in [0.15, 0.2) is 0 Å². The summed E-state index contributed by atoms with van der Waals surface area (Å²) in [5, 5.41) is 0.613. The first-order chi connectivity index (χ1) is 13.1. The Kier molecular flexibility index (Phi) is 5.22. The van der Waals surface area contributed by atoms with Gasteiger partial charge in [-0.15, -0.1) is 0 Å². The van der Waals surface area contributed by atoms with E-state index < -0.39 is 0 Å². The van der Waals surface area contributed by atoms with Crippen molar-refractivity contribution in [2.24, 2.45) is 0 Å². The maximum atomic E-state index is 13.3. The highest BCUT2D eigenvalue weighted by atomic mass is 127. The van der Waals surface area contributed by atoms with Crippen molar-refractivity contribution in [2.75, 3.05) is 0 Å². The number of nitrogens with zero attached hydrogens (tertiary/aromatic N) is 2. The molecule has 0 amide bonds. The molecule has 3 aromatic carbocycles. The summed E-state index contributed by atoms with van der Waals surface area (Å²) in [6, 6.07) is 23.4. The SMILES string of the molecule is O=c1c2cc(I)ccc2nc(/C=C/c2ccccc2)n1-c1ccc(Br)cc1. The standard InChI is InChI=1S/C22H14BrIN2O/c23-16-7-10-18(11-8-16)26-21(13-6-15-4-2-1-3-5-15)25-20-12-9-17(24)14-19(20)22(26)27/h1-14H/b13-6+. The van der Waals surface area contributed by atoms with Crippen molar-refractivity contribution < 1.29 is 0 Å². The molecular formula is C22H14BrIN2O. The molecule has 0 saturated heterocycles. The predicted molar refractivity (Wildman–Crippen MR) is 123 cm³/mol. The molecule has 0 spiro atoms. The zero-order valence-corrected chi connectivity index (χ0v) is 17.9. The Labute approximate surface area is 178 Å². The molecule has 0 unspecified atom stereocenters. The average Bonchev–Trinajstić information content (AvgIpc) is 2.69. The molecule has 0 saturated carbocycles. The van der Waals surface area contributed by atoms with Crippen molar-refractivity contribution in [3.63, 3.8) is 0 Å². The number of hydrogen-bond acceptors (Lipinski definition) is 2. The lowest BCUT2D eigenvalue weighted by atomic mass is 10.2. The molecule has 4 rings (SSSR count). The predicted octanol–water partition coefficient (Wildman–Crippen LogP) is 5.92. The molecule has 0 aliphatic heterocycles. The van der Waals surface area contributed by atoms with Crippen molar-refractivity contribution in [1.82, 2.24) is 9.55 Å². The van der Waals surface area contributed by atoms with Crippen molar-refractivity contribution in [3.05, 3.63) is 103 Å². The van der Waals surface area contributed by atoms with Gasteiger partial charge in [-0.3, -0.25) is 9.36 Å². The minimum Gasteiger partial charge on any atom is -0.268 e. The summed E-state index contributed by atoms with van der Waals surface area (Å²) >= 11 is 5.66. The molecule has 1 heterocycles. The average molecular weight is 529 g/mol. The van der Waals surface area contributed by atoms with E-state index in [0.29, 0.717) is 16.7 Å². The molecule has 132 valence electrons. The van der Waals surface area contributed by atoms with E-state index in [2.05, 4.69) is 38.5 Å². The Bertz CT molecular complexity index is 1200. The lowest BCUT2D eigenvalue weighted by molar-refractivity contribution is 0.943. The normalized spacial score (nSPS) is 11.3. The number of rotatable bonds is 3. The number of aromatic nitrogens is 2.